The van der Waals surface area contributed by atoms with E-state index in [0.717, 1.165) is 0 Å². The van der Waals surface area contributed by atoms with Gasteiger partial charge in [-0.1, -0.05) is 11.6 Å². The van der Waals surface area contributed by atoms with Crippen LogP contribution in [0.1, 0.15) is 12.8 Å². The monoisotopic (exact) mass is 275 g/mol. The lowest BCUT2D eigenvalue weighted by Gasteiger charge is -2.12. The van der Waals surface area contributed by atoms with E-state index in [1.165, 1.54) is 25.4 Å². The number of rotatable bonds is 3. The smallest absolute Gasteiger partial charge is 0.327 e. The van der Waals surface area contributed by atoms with Crippen LogP contribution in [-0.4, -0.2) is 31.2 Å². The van der Waals surface area contributed by atoms with Gasteiger partial charge >= 0.3 is 5.97 Å². The molecule has 0 radical (unpaired) electrons. The van der Waals surface area contributed by atoms with Gasteiger partial charge in [0.1, 0.15) is 0 Å². The van der Waals surface area contributed by atoms with E-state index < -0.39 is 20.6 Å². The van der Waals surface area contributed by atoms with Crippen LogP contribution in [0, 0.1) is 0 Å². The van der Waals surface area contributed by atoms with Gasteiger partial charge in [0, 0.05) is 6.20 Å². The number of pyridine rings is 1. The molecule has 0 aromatic carbocycles. The number of sulfone groups is 1. The predicted molar refractivity (Wildman–Crippen MR) is 60.4 cm³/mol. The molecule has 1 aromatic rings. The first kappa shape index (κ1) is 12.3. The van der Waals surface area contributed by atoms with Crippen molar-refractivity contribution in [2.45, 2.75) is 22.6 Å². The molecule has 5 nitrogen and oxygen atoms in total. The zero-order valence-corrected chi connectivity index (χ0v) is 10.6. The number of aromatic nitrogens is 1. The summed E-state index contributed by atoms with van der Waals surface area (Å²) in [6.45, 7) is 0. The van der Waals surface area contributed by atoms with Gasteiger partial charge in [0.15, 0.2) is 9.77 Å². The third-order valence-electron chi connectivity index (χ3n) is 2.75. The van der Waals surface area contributed by atoms with Crippen molar-refractivity contribution in [3.8, 4) is 0 Å². The summed E-state index contributed by atoms with van der Waals surface area (Å²) in [5, 5.41) is 0.191. The van der Waals surface area contributed by atoms with Crippen molar-refractivity contribution in [1.82, 2.24) is 4.98 Å². The third kappa shape index (κ3) is 1.81. The van der Waals surface area contributed by atoms with Crippen LogP contribution in [0.3, 0.4) is 0 Å². The molecular weight excluding hydrogens is 266 g/mol. The molecule has 0 spiro atoms. The third-order valence-corrected chi connectivity index (χ3v) is 5.37. The number of hydrogen-bond donors (Lipinski definition) is 0. The number of esters is 1. The molecule has 1 aliphatic rings. The fourth-order valence-corrected chi connectivity index (χ4v) is 3.50. The highest BCUT2D eigenvalue weighted by Crippen LogP contribution is 2.47. The minimum atomic E-state index is -3.80. The van der Waals surface area contributed by atoms with Gasteiger partial charge in [0.05, 0.1) is 12.1 Å². The largest absolute Gasteiger partial charge is 0.468 e. The van der Waals surface area contributed by atoms with Crippen molar-refractivity contribution in [1.29, 1.82) is 0 Å². The van der Waals surface area contributed by atoms with E-state index in [0.29, 0.717) is 5.02 Å². The highest BCUT2D eigenvalue weighted by atomic mass is 35.5. The highest BCUT2D eigenvalue weighted by molar-refractivity contribution is 7.93. The van der Waals surface area contributed by atoms with Crippen molar-refractivity contribution in [2.75, 3.05) is 7.11 Å². The van der Waals surface area contributed by atoms with Gasteiger partial charge in [0.25, 0.3) is 0 Å². The Morgan fingerprint density at radius 1 is 1.47 bits per heavy atom. The number of carbonyl (C=O) groups excluding carboxylic acids is 1. The highest BCUT2D eigenvalue weighted by Gasteiger charge is 2.62. The number of hydrogen-bond acceptors (Lipinski definition) is 5. The van der Waals surface area contributed by atoms with Gasteiger partial charge in [-0.15, -0.1) is 0 Å². The number of halogens is 1. The predicted octanol–water partition coefficient (Wildman–Crippen LogP) is 1.21. The molecule has 0 amide bonds. The molecule has 1 fully saturated rings. The van der Waals surface area contributed by atoms with Crippen molar-refractivity contribution in [2.24, 2.45) is 0 Å². The Morgan fingerprint density at radius 3 is 2.53 bits per heavy atom. The van der Waals surface area contributed by atoms with E-state index in [1.807, 2.05) is 0 Å². The Bertz CT molecular complexity index is 548. The van der Waals surface area contributed by atoms with E-state index in [2.05, 4.69) is 9.72 Å². The average Bonchev–Trinajstić information content (AvgIpc) is 3.10. The first-order valence-electron chi connectivity index (χ1n) is 4.89. The summed E-state index contributed by atoms with van der Waals surface area (Å²) in [4.78, 5) is 15.3. The molecule has 0 atom stereocenters. The molecule has 92 valence electrons. The molecule has 2 rings (SSSR count). The normalized spacial score (nSPS) is 17.5. The summed E-state index contributed by atoms with van der Waals surface area (Å²) < 4.78 is 27.5. The van der Waals surface area contributed by atoms with Crippen LogP contribution in [0.4, 0.5) is 0 Å². The van der Waals surface area contributed by atoms with Gasteiger partial charge < -0.3 is 4.74 Å². The molecule has 1 aliphatic carbocycles. The van der Waals surface area contributed by atoms with Crippen LogP contribution in [0.2, 0.25) is 5.02 Å². The number of carbonyl (C=O) groups is 1. The summed E-state index contributed by atoms with van der Waals surface area (Å²) >= 11 is 5.63. The van der Waals surface area contributed by atoms with Crippen molar-refractivity contribution in [3.63, 3.8) is 0 Å². The van der Waals surface area contributed by atoms with Gasteiger partial charge in [-0.25, -0.2) is 13.4 Å². The van der Waals surface area contributed by atoms with E-state index in [1.54, 1.807) is 0 Å². The zero-order valence-electron chi connectivity index (χ0n) is 9.01. The molecule has 0 N–H and O–H groups in total. The SMILES string of the molecule is COC(=O)C1(S(=O)(=O)c2ccc(Cl)cn2)CC1. The second-order valence-corrected chi connectivity index (χ2v) is 6.45. The molecule has 1 aromatic heterocycles. The van der Waals surface area contributed by atoms with E-state index in [9.17, 15) is 13.2 Å². The van der Waals surface area contributed by atoms with Crippen molar-refractivity contribution in [3.05, 3.63) is 23.4 Å². The van der Waals surface area contributed by atoms with Crippen LogP contribution in [0.5, 0.6) is 0 Å². The van der Waals surface area contributed by atoms with E-state index >= 15 is 0 Å². The Labute approximate surface area is 104 Å². The number of nitrogens with zero attached hydrogens (tertiary/aromatic N) is 1. The average molecular weight is 276 g/mol. The quantitative estimate of drug-likeness (QED) is 0.776. The second-order valence-electron chi connectivity index (χ2n) is 3.80. The van der Waals surface area contributed by atoms with Crippen LogP contribution >= 0.6 is 11.6 Å². The molecule has 1 heterocycles. The molecule has 0 bridgehead atoms. The standard InChI is InChI=1S/C10H10ClNO4S/c1-16-9(13)10(4-5-10)17(14,15)8-3-2-7(11)6-12-8/h2-3,6H,4-5H2,1H3. The molecule has 7 heteroatoms. The first-order valence-corrected chi connectivity index (χ1v) is 6.75. The van der Waals surface area contributed by atoms with Crippen LogP contribution in [0.25, 0.3) is 0 Å². The van der Waals surface area contributed by atoms with Gasteiger partial charge in [-0.3, -0.25) is 4.79 Å². The molecule has 0 unspecified atom stereocenters. The summed E-state index contributed by atoms with van der Waals surface area (Å²) in [6.07, 6.45) is 1.78. The Morgan fingerprint density at radius 2 is 2.12 bits per heavy atom. The minimum absolute atomic E-state index is 0.148. The van der Waals surface area contributed by atoms with E-state index in [-0.39, 0.29) is 17.9 Å². The maximum Gasteiger partial charge on any atom is 0.327 e. The topological polar surface area (TPSA) is 73.3 Å². The Balaban J connectivity index is 2.44. The second kappa shape index (κ2) is 3.96. The molecule has 17 heavy (non-hydrogen) atoms. The lowest BCUT2D eigenvalue weighted by molar-refractivity contribution is -0.140. The van der Waals surface area contributed by atoms with Gasteiger partial charge in [-0.05, 0) is 25.0 Å². The fourth-order valence-electron chi connectivity index (χ4n) is 1.60. The molecular formula is C10H10ClNO4S. The van der Waals surface area contributed by atoms with Crippen molar-refractivity contribution >= 4 is 27.4 Å². The van der Waals surface area contributed by atoms with E-state index in [4.69, 9.17) is 11.6 Å². The number of methoxy groups -OCH3 is 1. The lowest BCUT2D eigenvalue weighted by Crippen LogP contribution is -2.34. The van der Waals surface area contributed by atoms with Crippen molar-refractivity contribution < 1.29 is 17.9 Å². The fraction of sp³-hybridized carbons (Fsp3) is 0.400. The zero-order chi connectivity index (χ0) is 12.7. The maximum absolute atomic E-state index is 12.2. The maximum atomic E-state index is 12.2. The Kier molecular flexibility index (Phi) is 2.87. The first-order chi connectivity index (χ1) is 7.94. The molecule has 0 saturated heterocycles. The summed E-state index contributed by atoms with van der Waals surface area (Å²) in [6, 6.07) is 2.72. The summed E-state index contributed by atoms with van der Waals surface area (Å²) in [7, 11) is -2.63. The van der Waals surface area contributed by atoms with Gasteiger partial charge in [0.2, 0.25) is 9.84 Å². The summed E-state index contributed by atoms with van der Waals surface area (Å²) in [5.74, 6) is -0.728. The van der Waals surface area contributed by atoms with Crippen LogP contribution in [0.15, 0.2) is 23.4 Å². The summed E-state index contributed by atoms with van der Waals surface area (Å²) in [5.41, 5.74) is 0. The molecule has 1 saturated carbocycles. The Hall–Kier alpha value is -1.14. The van der Waals surface area contributed by atoms with Crippen LogP contribution in [-0.2, 0) is 19.4 Å². The molecule has 0 aliphatic heterocycles. The van der Waals surface area contributed by atoms with Gasteiger partial charge in [-0.2, -0.15) is 0 Å². The number of ether oxygens (including phenoxy) is 1. The minimum Gasteiger partial charge on any atom is -0.468 e. The lowest BCUT2D eigenvalue weighted by atomic mass is 10.4. The van der Waals surface area contributed by atoms with Crippen LogP contribution < -0.4 is 0 Å².